The molecule has 0 heterocycles. The minimum absolute atomic E-state index is 0.0502. The first-order chi connectivity index (χ1) is 12.3. The van der Waals surface area contributed by atoms with Crippen LogP contribution in [0.2, 0.25) is 0 Å². The largest absolute Gasteiger partial charge is 0.478 e. The first-order valence-electron chi connectivity index (χ1n) is 8.51. The van der Waals surface area contributed by atoms with Crippen molar-refractivity contribution in [2.45, 2.75) is 37.6 Å². The third kappa shape index (κ3) is 5.31. The van der Waals surface area contributed by atoms with Gasteiger partial charge in [-0.25, -0.2) is 17.9 Å². The molecule has 0 aromatic heterocycles. The molecule has 0 bridgehead atoms. The molecular formula is C19H24N2O4S. The van der Waals surface area contributed by atoms with Crippen molar-refractivity contribution in [1.82, 2.24) is 4.72 Å². The maximum Gasteiger partial charge on any atom is 0.335 e. The number of carbonyl (C=O) groups is 1. The number of anilines is 1. The predicted molar refractivity (Wildman–Crippen MR) is 102 cm³/mol. The molecule has 2 aromatic rings. The Hall–Kier alpha value is -2.38. The van der Waals surface area contributed by atoms with E-state index in [0.717, 1.165) is 12.0 Å². The van der Waals surface area contributed by atoms with Gasteiger partial charge in [0.15, 0.2) is 0 Å². The fraction of sp³-hybridized carbons (Fsp3) is 0.316. The fourth-order valence-electron chi connectivity index (χ4n) is 2.42. The lowest BCUT2D eigenvalue weighted by atomic mass is 10.2. The summed E-state index contributed by atoms with van der Waals surface area (Å²) in [6, 6.07) is 13.7. The zero-order valence-electron chi connectivity index (χ0n) is 14.9. The standard InChI is InChI=1S/C19H24N2O4S/c1-3-14(2)21-17-10-9-16(19(22)23)13-18(17)26(24,25)20-12-11-15-7-5-4-6-8-15/h4-10,13-14,20-21H,3,11-12H2,1-2H3,(H,22,23)/t14-/m1/s1. The van der Waals surface area contributed by atoms with E-state index in [0.29, 0.717) is 12.1 Å². The highest BCUT2D eigenvalue weighted by molar-refractivity contribution is 7.89. The van der Waals surface area contributed by atoms with Crippen LogP contribution in [-0.2, 0) is 16.4 Å². The Kier molecular flexibility index (Phi) is 6.76. The molecule has 0 aliphatic rings. The monoisotopic (exact) mass is 376 g/mol. The van der Waals surface area contributed by atoms with Crippen LogP contribution in [0.4, 0.5) is 5.69 Å². The molecule has 0 saturated carbocycles. The normalized spacial score (nSPS) is 12.5. The van der Waals surface area contributed by atoms with Crippen LogP contribution < -0.4 is 10.0 Å². The average molecular weight is 376 g/mol. The van der Waals surface area contributed by atoms with Crippen LogP contribution in [0.15, 0.2) is 53.4 Å². The highest BCUT2D eigenvalue weighted by Crippen LogP contribution is 2.24. The SMILES string of the molecule is CC[C@@H](C)Nc1ccc(C(=O)O)cc1S(=O)(=O)NCCc1ccccc1. The summed E-state index contributed by atoms with van der Waals surface area (Å²) in [5, 5.41) is 12.3. The first kappa shape index (κ1) is 19.9. The Labute approximate surface area is 154 Å². The molecule has 3 N–H and O–H groups in total. The molecule has 2 rings (SSSR count). The second-order valence-corrected chi connectivity index (χ2v) is 7.84. The second kappa shape index (κ2) is 8.82. The quantitative estimate of drug-likeness (QED) is 0.625. The third-order valence-electron chi connectivity index (χ3n) is 4.08. The lowest BCUT2D eigenvalue weighted by Gasteiger charge is -2.18. The summed E-state index contributed by atoms with van der Waals surface area (Å²) in [5.74, 6) is -1.17. The maximum atomic E-state index is 12.7. The Balaban J connectivity index is 2.24. The molecule has 26 heavy (non-hydrogen) atoms. The van der Waals surface area contributed by atoms with Gasteiger partial charge in [0.1, 0.15) is 4.90 Å². The van der Waals surface area contributed by atoms with E-state index >= 15 is 0 Å². The zero-order valence-corrected chi connectivity index (χ0v) is 15.7. The van der Waals surface area contributed by atoms with Crippen LogP contribution in [0, 0.1) is 0 Å². The lowest BCUT2D eigenvalue weighted by molar-refractivity contribution is 0.0696. The van der Waals surface area contributed by atoms with E-state index in [9.17, 15) is 18.3 Å². The van der Waals surface area contributed by atoms with E-state index in [4.69, 9.17) is 0 Å². The zero-order chi connectivity index (χ0) is 19.2. The van der Waals surface area contributed by atoms with E-state index in [1.54, 1.807) is 0 Å². The highest BCUT2D eigenvalue weighted by atomic mass is 32.2. The number of carboxylic acids is 1. The van der Waals surface area contributed by atoms with Gasteiger partial charge in [0.25, 0.3) is 0 Å². The number of sulfonamides is 1. The number of aromatic carboxylic acids is 1. The molecule has 0 aliphatic carbocycles. The van der Waals surface area contributed by atoms with Crippen LogP contribution >= 0.6 is 0 Å². The summed E-state index contributed by atoms with van der Waals surface area (Å²) < 4.78 is 28.0. The summed E-state index contributed by atoms with van der Waals surface area (Å²) in [5.41, 5.74) is 1.35. The first-order valence-corrected chi connectivity index (χ1v) is 9.99. The molecule has 2 aromatic carbocycles. The van der Waals surface area contributed by atoms with Gasteiger partial charge in [0.05, 0.1) is 11.3 Å². The van der Waals surface area contributed by atoms with Gasteiger partial charge >= 0.3 is 5.97 Å². The second-order valence-electron chi connectivity index (χ2n) is 6.10. The van der Waals surface area contributed by atoms with Crippen molar-refractivity contribution in [1.29, 1.82) is 0 Å². The molecule has 6 nitrogen and oxygen atoms in total. The van der Waals surface area contributed by atoms with Crippen molar-refractivity contribution in [3.63, 3.8) is 0 Å². The van der Waals surface area contributed by atoms with Crippen molar-refractivity contribution in [2.75, 3.05) is 11.9 Å². The fourth-order valence-corrected chi connectivity index (χ4v) is 3.64. The van der Waals surface area contributed by atoms with Crippen LogP contribution in [0.1, 0.15) is 36.2 Å². The molecule has 7 heteroatoms. The van der Waals surface area contributed by atoms with E-state index < -0.39 is 16.0 Å². The van der Waals surface area contributed by atoms with Gasteiger partial charge in [-0.1, -0.05) is 37.3 Å². The van der Waals surface area contributed by atoms with Gasteiger partial charge in [-0.15, -0.1) is 0 Å². The van der Waals surface area contributed by atoms with Crippen LogP contribution in [0.5, 0.6) is 0 Å². The minimum Gasteiger partial charge on any atom is -0.478 e. The van der Waals surface area contributed by atoms with Crippen molar-refractivity contribution in [2.24, 2.45) is 0 Å². The van der Waals surface area contributed by atoms with E-state index in [-0.39, 0.29) is 23.0 Å². The molecule has 1 atom stereocenters. The number of nitrogens with one attached hydrogen (secondary N) is 2. The van der Waals surface area contributed by atoms with Gasteiger partial charge in [-0.3, -0.25) is 0 Å². The Bertz CT molecular complexity index is 851. The summed E-state index contributed by atoms with van der Waals surface area (Å²) in [6.07, 6.45) is 1.36. The molecule has 140 valence electrons. The van der Waals surface area contributed by atoms with Crippen molar-refractivity contribution in [3.8, 4) is 0 Å². The Morgan fingerprint density at radius 3 is 2.46 bits per heavy atom. The van der Waals surface area contributed by atoms with Crippen LogP contribution in [0.3, 0.4) is 0 Å². The summed E-state index contributed by atoms with van der Waals surface area (Å²) in [7, 11) is -3.85. The van der Waals surface area contributed by atoms with Gasteiger partial charge < -0.3 is 10.4 Å². The summed E-state index contributed by atoms with van der Waals surface area (Å²) >= 11 is 0. The topological polar surface area (TPSA) is 95.5 Å². The molecular weight excluding hydrogens is 352 g/mol. The minimum atomic E-state index is -3.85. The number of carboxylic acid groups (broad SMARTS) is 1. The molecule has 0 aliphatic heterocycles. The van der Waals surface area contributed by atoms with Crippen LogP contribution in [-0.4, -0.2) is 32.1 Å². The number of hydrogen-bond acceptors (Lipinski definition) is 4. The average Bonchev–Trinajstić information content (AvgIpc) is 2.62. The third-order valence-corrected chi connectivity index (χ3v) is 5.58. The smallest absolute Gasteiger partial charge is 0.335 e. The van der Waals surface area contributed by atoms with Gasteiger partial charge in [-0.2, -0.15) is 0 Å². The number of benzene rings is 2. The molecule has 0 unspecified atom stereocenters. The van der Waals surface area contributed by atoms with Gasteiger partial charge in [0, 0.05) is 12.6 Å². The molecule has 0 fully saturated rings. The van der Waals surface area contributed by atoms with E-state index in [2.05, 4.69) is 10.0 Å². The predicted octanol–water partition coefficient (Wildman–Crippen LogP) is 3.12. The van der Waals surface area contributed by atoms with E-state index in [1.165, 1.54) is 18.2 Å². The Morgan fingerprint density at radius 2 is 1.85 bits per heavy atom. The van der Waals surface area contributed by atoms with Gasteiger partial charge in [0.2, 0.25) is 10.0 Å². The summed E-state index contributed by atoms with van der Waals surface area (Å²) in [4.78, 5) is 11.2. The summed E-state index contributed by atoms with van der Waals surface area (Å²) in [6.45, 7) is 4.15. The molecule has 0 radical (unpaired) electrons. The maximum absolute atomic E-state index is 12.7. The van der Waals surface area contributed by atoms with Crippen molar-refractivity contribution >= 4 is 21.7 Å². The highest BCUT2D eigenvalue weighted by Gasteiger charge is 2.21. The molecule has 0 spiro atoms. The van der Waals surface area contributed by atoms with Crippen molar-refractivity contribution < 1.29 is 18.3 Å². The van der Waals surface area contributed by atoms with Crippen molar-refractivity contribution in [3.05, 3.63) is 59.7 Å². The van der Waals surface area contributed by atoms with Gasteiger partial charge in [-0.05, 0) is 43.5 Å². The number of hydrogen-bond donors (Lipinski definition) is 3. The van der Waals surface area contributed by atoms with E-state index in [1.807, 2.05) is 44.2 Å². The lowest BCUT2D eigenvalue weighted by Crippen LogP contribution is -2.28. The number of rotatable bonds is 9. The Morgan fingerprint density at radius 1 is 1.15 bits per heavy atom. The molecule has 0 amide bonds. The molecule has 0 saturated heterocycles. The van der Waals surface area contributed by atoms with Crippen LogP contribution in [0.25, 0.3) is 0 Å².